The highest BCUT2D eigenvalue weighted by Gasteiger charge is 2.22. The molecule has 0 unspecified atom stereocenters. The van der Waals surface area contributed by atoms with Crippen LogP contribution < -0.4 is 20.5 Å². The van der Waals surface area contributed by atoms with Gasteiger partial charge >= 0.3 is 5.69 Å². The number of fused-ring (bicyclic) bond motifs is 3. The topological polar surface area (TPSA) is 182 Å². The van der Waals surface area contributed by atoms with E-state index in [4.69, 9.17) is 24.8 Å². The molecule has 0 saturated carbocycles. The van der Waals surface area contributed by atoms with Gasteiger partial charge in [0.05, 0.1) is 10.6 Å². The van der Waals surface area contributed by atoms with Crippen LogP contribution in [0.5, 0.6) is 11.5 Å². The Labute approximate surface area is 225 Å². The summed E-state index contributed by atoms with van der Waals surface area (Å²) < 4.78 is 18.7. The van der Waals surface area contributed by atoms with Crippen molar-refractivity contribution in [1.29, 1.82) is 0 Å². The molecule has 0 radical (unpaired) electrons. The fraction of sp³-hybridized carbons (Fsp3) is 0.190. The number of ether oxygens (including phenoxy) is 2. The van der Waals surface area contributed by atoms with Crippen LogP contribution in [0.4, 0.5) is 17.2 Å². The Morgan fingerprint density at radius 2 is 1.97 bits per heavy atom. The Morgan fingerprint density at radius 1 is 1.16 bits per heavy atom. The lowest BCUT2D eigenvalue weighted by Gasteiger charge is -2.11. The molecule has 1 aliphatic rings. The molecule has 1 aliphatic heterocycles. The van der Waals surface area contributed by atoms with Crippen molar-refractivity contribution in [2.45, 2.75) is 23.0 Å². The van der Waals surface area contributed by atoms with Crippen LogP contribution in [0.2, 0.25) is 0 Å². The molecule has 0 spiro atoms. The van der Waals surface area contributed by atoms with E-state index in [-0.39, 0.29) is 18.0 Å². The summed E-state index contributed by atoms with van der Waals surface area (Å²) in [4.78, 5) is 24.9. The first-order valence-electron chi connectivity index (χ1n) is 10.9. The number of aromatic nitrogens is 6. The number of aryl methyl sites for hydroxylation is 1. The van der Waals surface area contributed by atoms with Gasteiger partial charge in [-0.05, 0) is 57.5 Å². The van der Waals surface area contributed by atoms with E-state index < -0.39 is 4.92 Å². The van der Waals surface area contributed by atoms with Gasteiger partial charge in [-0.15, -0.1) is 0 Å². The van der Waals surface area contributed by atoms with Crippen molar-refractivity contribution in [2.24, 2.45) is 0 Å². The molecule has 5 aromatic rings. The predicted molar refractivity (Wildman–Crippen MR) is 141 cm³/mol. The largest absolute Gasteiger partial charge is 0.454 e. The van der Waals surface area contributed by atoms with Crippen LogP contribution in [0.25, 0.3) is 22.2 Å². The van der Waals surface area contributed by atoms with Gasteiger partial charge in [-0.25, -0.2) is 19.6 Å². The summed E-state index contributed by atoms with van der Waals surface area (Å²) in [6, 6.07) is 6.83. The van der Waals surface area contributed by atoms with Crippen LogP contribution in [0.15, 0.2) is 45.3 Å². The summed E-state index contributed by atoms with van der Waals surface area (Å²) in [5, 5.41) is 22.7. The summed E-state index contributed by atoms with van der Waals surface area (Å²) in [5.41, 5.74) is 8.07. The van der Waals surface area contributed by atoms with Gasteiger partial charge < -0.3 is 25.1 Å². The lowest BCUT2D eigenvalue weighted by Crippen LogP contribution is -2.09. The van der Waals surface area contributed by atoms with Gasteiger partial charge in [0.1, 0.15) is 6.33 Å². The van der Waals surface area contributed by atoms with E-state index in [1.54, 1.807) is 6.07 Å². The monoisotopic (exact) mass is 633 g/mol. The fourth-order valence-electron chi connectivity index (χ4n) is 3.89. The Kier molecular flexibility index (Phi) is 6.03. The number of nitro groups is 1. The molecule has 0 aliphatic carbocycles. The maximum Gasteiger partial charge on any atom is 0.300 e. The van der Waals surface area contributed by atoms with Crippen molar-refractivity contribution in [2.75, 3.05) is 24.4 Å². The van der Waals surface area contributed by atoms with Crippen LogP contribution >= 0.6 is 34.4 Å². The van der Waals surface area contributed by atoms with Crippen molar-refractivity contribution < 1.29 is 19.0 Å². The van der Waals surface area contributed by atoms with Crippen molar-refractivity contribution >= 4 is 73.7 Å². The van der Waals surface area contributed by atoms with E-state index in [1.807, 2.05) is 16.7 Å². The van der Waals surface area contributed by atoms with E-state index in [1.165, 1.54) is 24.2 Å². The number of non-ortho nitro benzene ring substituents is 1. The number of nitro benzene ring substituents is 1. The van der Waals surface area contributed by atoms with Gasteiger partial charge in [0.2, 0.25) is 12.3 Å². The Morgan fingerprint density at radius 3 is 2.81 bits per heavy atom. The fourth-order valence-corrected chi connectivity index (χ4v) is 5.61. The number of halogens is 1. The van der Waals surface area contributed by atoms with E-state index in [0.717, 1.165) is 8.47 Å². The maximum absolute atomic E-state index is 11.2. The van der Waals surface area contributed by atoms with Gasteiger partial charge in [0.25, 0.3) is 0 Å². The lowest BCUT2D eigenvalue weighted by atomic mass is 10.2. The molecule has 4 heterocycles. The number of nitrogens with one attached hydrogen (secondary N) is 1. The molecule has 0 amide bonds. The first-order chi connectivity index (χ1) is 18.0. The molecular formula is C21H16IN9O5S. The van der Waals surface area contributed by atoms with Crippen LogP contribution in [-0.2, 0) is 6.54 Å². The number of benzene rings is 2. The SMILES string of the molecule is Nc1ncnc2c1nc(Sc1cc3c(cc1I)OCO3)n2CCCNc1ccc([N+](=O)[O-])c2nonc12. The van der Waals surface area contributed by atoms with Crippen molar-refractivity contribution in [1.82, 2.24) is 29.8 Å². The van der Waals surface area contributed by atoms with Crippen LogP contribution in [0.3, 0.4) is 0 Å². The third kappa shape index (κ3) is 4.31. The normalized spacial score (nSPS) is 12.5. The zero-order valence-corrected chi connectivity index (χ0v) is 21.7. The molecule has 37 heavy (non-hydrogen) atoms. The first-order valence-corrected chi connectivity index (χ1v) is 12.8. The summed E-state index contributed by atoms with van der Waals surface area (Å²) in [7, 11) is 0. The molecule has 0 atom stereocenters. The van der Waals surface area contributed by atoms with E-state index >= 15 is 0 Å². The predicted octanol–water partition coefficient (Wildman–Crippen LogP) is 3.84. The average Bonchev–Trinajstić information content (AvgIpc) is 3.61. The minimum Gasteiger partial charge on any atom is -0.454 e. The van der Waals surface area contributed by atoms with Gasteiger partial charge in [0.15, 0.2) is 39.2 Å². The molecular weight excluding hydrogens is 617 g/mol. The highest BCUT2D eigenvalue weighted by molar-refractivity contribution is 14.1. The second-order valence-corrected chi connectivity index (χ2v) is 10.0. The molecule has 3 aromatic heterocycles. The standard InChI is InChI=1S/C21H16IN9O5S/c22-10-6-13-14(35-9-34-13)7-15(10)37-21-27-18-19(23)25-8-26-20(18)30(21)5-1-4-24-11-2-3-12(31(32)33)17-16(11)28-36-29-17/h2-3,6-8,24H,1,4-5,9H2,(H2,23,25,26). The van der Waals surface area contributed by atoms with Crippen molar-refractivity contribution in [3.63, 3.8) is 0 Å². The van der Waals surface area contributed by atoms with Crippen molar-refractivity contribution in [3.8, 4) is 11.5 Å². The molecule has 0 fully saturated rings. The molecule has 16 heteroatoms. The average molecular weight is 633 g/mol. The van der Waals surface area contributed by atoms with Gasteiger partial charge in [-0.1, -0.05) is 11.8 Å². The number of imidazole rings is 1. The minimum absolute atomic E-state index is 0.0970. The number of hydrogen-bond donors (Lipinski definition) is 2. The van der Waals surface area contributed by atoms with Gasteiger partial charge in [-0.2, -0.15) is 0 Å². The lowest BCUT2D eigenvalue weighted by molar-refractivity contribution is -0.383. The highest BCUT2D eigenvalue weighted by atomic mass is 127. The molecule has 0 saturated heterocycles. The van der Waals surface area contributed by atoms with E-state index in [9.17, 15) is 10.1 Å². The first kappa shape index (κ1) is 23.5. The van der Waals surface area contributed by atoms with E-state index in [2.05, 4.69) is 48.2 Å². The van der Waals surface area contributed by atoms with E-state index in [0.29, 0.717) is 64.4 Å². The summed E-state index contributed by atoms with van der Waals surface area (Å²) in [6.07, 6.45) is 2.09. The van der Waals surface area contributed by atoms with Gasteiger partial charge in [-0.3, -0.25) is 10.1 Å². The molecule has 188 valence electrons. The number of rotatable bonds is 8. The second-order valence-electron chi connectivity index (χ2n) is 7.85. The van der Waals surface area contributed by atoms with Gasteiger partial charge in [0, 0.05) is 27.6 Å². The molecule has 0 bridgehead atoms. The second kappa shape index (κ2) is 9.51. The third-order valence-corrected chi connectivity index (χ3v) is 7.93. The quantitative estimate of drug-likeness (QED) is 0.109. The summed E-state index contributed by atoms with van der Waals surface area (Å²) in [5.74, 6) is 1.70. The summed E-state index contributed by atoms with van der Waals surface area (Å²) in [6.45, 7) is 1.30. The third-order valence-electron chi connectivity index (χ3n) is 5.62. The zero-order chi connectivity index (χ0) is 25.5. The molecule has 6 rings (SSSR count). The maximum atomic E-state index is 11.2. The van der Waals surface area contributed by atoms with Crippen LogP contribution in [0.1, 0.15) is 6.42 Å². The number of hydrogen-bond acceptors (Lipinski definition) is 13. The highest BCUT2D eigenvalue weighted by Crippen LogP contribution is 2.41. The summed E-state index contributed by atoms with van der Waals surface area (Å²) >= 11 is 3.73. The Bertz CT molecular complexity index is 1670. The Balaban J connectivity index is 1.24. The Hall–Kier alpha value is -3.93. The van der Waals surface area contributed by atoms with Crippen LogP contribution in [0, 0.1) is 13.7 Å². The molecule has 3 N–H and O–H groups in total. The number of nitrogens with zero attached hydrogens (tertiary/aromatic N) is 7. The van der Waals surface area contributed by atoms with Crippen molar-refractivity contribution in [3.05, 3.63) is 44.3 Å². The smallest absolute Gasteiger partial charge is 0.300 e. The molecule has 14 nitrogen and oxygen atoms in total. The minimum atomic E-state index is -0.519. The number of nitrogens with two attached hydrogens (primary N) is 1. The zero-order valence-electron chi connectivity index (χ0n) is 18.8. The number of anilines is 2. The molecule has 2 aromatic carbocycles. The van der Waals surface area contributed by atoms with Crippen LogP contribution in [-0.4, -0.2) is 48.1 Å². The number of nitrogen functional groups attached to an aromatic ring is 1.